The van der Waals surface area contributed by atoms with Crippen LogP contribution < -0.4 is 0 Å². The van der Waals surface area contributed by atoms with Crippen LogP contribution >= 0.6 is 0 Å². The van der Waals surface area contributed by atoms with Crippen molar-refractivity contribution in [1.29, 1.82) is 0 Å². The van der Waals surface area contributed by atoms with E-state index in [0.29, 0.717) is 0 Å². The van der Waals surface area contributed by atoms with Crippen LogP contribution in [0, 0.1) is 0 Å². The summed E-state index contributed by atoms with van der Waals surface area (Å²) in [5, 5.41) is 0. The first-order valence-electron chi connectivity index (χ1n) is 3.42. The summed E-state index contributed by atoms with van der Waals surface area (Å²) in [6, 6.07) is 0. The van der Waals surface area contributed by atoms with Gasteiger partial charge in [-0.15, -0.1) is 0 Å². The molecule has 1 nitrogen and oxygen atoms in total. The van der Waals surface area contributed by atoms with Crippen molar-refractivity contribution in [3.05, 3.63) is 23.5 Å². The van der Waals surface area contributed by atoms with Gasteiger partial charge in [0.05, 0.1) is 7.11 Å². The van der Waals surface area contributed by atoms with Crippen molar-refractivity contribution in [3.63, 3.8) is 0 Å². The van der Waals surface area contributed by atoms with Gasteiger partial charge in [0.2, 0.25) is 0 Å². The van der Waals surface area contributed by atoms with Crippen LogP contribution in [0.3, 0.4) is 0 Å². The maximum Gasteiger partial charge on any atom is 0.195 e. The van der Waals surface area contributed by atoms with Crippen LogP contribution in [-0.2, 0) is 4.74 Å². The molecule has 0 aromatic rings. The Morgan fingerprint density at radius 1 is 1.45 bits per heavy atom. The second kappa shape index (κ2) is 4.88. The number of ether oxygens (including phenoxy) is 1. The van der Waals surface area contributed by atoms with E-state index in [1.165, 1.54) is 20.1 Å². The number of methoxy groups -OCH3 is 1. The summed E-state index contributed by atoms with van der Waals surface area (Å²) < 4.78 is 29.9. The Morgan fingerprint density at radius 2 is 2.00 bits per heavy atom. The maximum atomic E-state index is 12.8. The van der Waals surface area contributed by atoms with Gasteiger partial charge in [-0.25, -0.2) is 8.78 Å². The number of halogens is 2. The topological polar surface area (TPSA) is 9.23 Å². The summed E-state index contributed by atoms with van der Waals surface area (Å²) in [5.74, 6) is -1.73. The summed E-state index contributed by atoms with van der Waals surface area (Å²) >= 11 is 0. The Kier molecular flexibility index (Phi) is 4.50. The third-order valence-electron chi connectivity index (χ3n) is 1.25. The molecule has 0 saturated heterocycles. The Balaban J connectivity index is 4.57. The van der Waals surface area contributed by atoms with Crippen molar-refractivity contribution in [1.82, 2.24) is 0 Å². The van der Waals surface area contributed by atoms with Crippen molar-refractivity contribution in [2.45, 2.75) is 20.3 Å². The van der Waals surface area contributed by atoms with E-state index in [2.05, 4.69) is 4.74 Å². The summed E-state index contributed by atoms with van der Waals surface area (Å²) in [4.78, 5) is 0. The molecule has 0 spiro atoms. The molecular formula is C8H12F2O. The molecule has 0 atom stereocenters. The zero-order valence-electron chi connectivity index (χ0n) is 6.95. The van der Waals surface area contributed by atoms with Crippen LogP contribution in [0.25, 0.3) is 0 Å². The summed E-state index contributed by atoms with van der Waals surface area (Å²) in [6.07, 6.45) is 1.43. The van der Waals surface area contributed by atoms with Gasteiger partial charge in [0.25, 0.3) is 0 Å². The molecule has 0 heterocycles. The smallest absolute Gasteiger partial charge is 0.195 e. The van der Waals surface area contributed by atoms with Gasteiger partial charge in [-0.1, -0.05) is 6.92 Å². The van der Waals surface area contributed by atoms with Crippen molar-refractivity contribution in [2.24, 2.45) is 0 Å². The normalized spacial score (nSPS) is 14.5. The SMILES string of the molecule is C/C=C(OC)\C(F)=C(\F)CC. The highest BCUT2D eigenvalue weighted by atomic mass is 19.2. The predicted molar refractivity (Wildman–Crippen MR) is 40.3 cm³/mol. The van der Waals surface area contributed by atoms with Crippen LogP contribution in [0.15, 0.2) is 23.5 Å². The minimum Gasteiger partial charge on any atom is -0.494 e. The molecular weight excluding hydrogens is 150 g/mol. The van der Waals surface area contributed by atoms with Gasteiger partial charge >= 0.3 is 0 Å². The third-order valence-corrected chi connectivity index (χ3v) is 1.25. The molecule has 0 aromatic carbocycles. The molecule has 0 aliphatic heterocycles. The number of allylic oxidation sites excluding steroid dienone is 3. The molecule has 0 bridgehead atoms. The van der Waals surface area contributed by atoms with E-state index in [-0.39, 0.29) is 12.2 Å². The van der Waals surface area contributed by atoms with Crippen LogP contribution in [-0.4, -0.2) is 7.11 Å². The van der Waals surface area contributed by atoms with Gasteiger partial charge in [-0.05, 0) is 19.4 Å². The molecule has 0 N–H and O–H groups in total. The van der Waals surface area contributed by atoms with Gasteiger partial charge in [0, 0.05) is 0 Å². The lowest BCUT2D eigenvalue weighted by atomic mass is 10.3. The second-order valence-electron chi connectivity index (χ2n) is 1.93. The van der Waals surface area contributed by atoms with Gasteiger partial charge in [-0.2, -0.15) is 0 Å². The molecule has 0 aliphatic carbocycles. The second-order valence-corrected chi connectivity index (χ2v) is 1.93. The van der Waals surface area contributed by atoms with Crippen molar-refractivity contribution in [2.75, 3.05) is 7.11 Å². The number of hydrogen-bond donors (Lipinski definition) is 0. The highest BCUT2D eigenvalue weighted by Crippen LogP contribution is 2.19. The fraction of sp³-hybridized carbons (Fsp3) is 0.500. The highest BCUT2D eigenvalue weighted by molar-refractivity contribution is 5.21. The van der Waals surface area contributed by atoms with Crippen molar-refractivity contribution in [3.8, 4) is 0 Å². The Morgan fingerprint density at radius 3 is 2.27 bits per heavy atom. The van der Waals surface area contributed by atoms with Gasteiger partial charge in [-0.3, -0.25) is 0 Å². The van der Waals surface area contributed by atoms with Gasteiger partial charge in [0.15, 0.2) is 11.6 Å². The first-order valence-corrected chi connectivity index (χ1v) is 3.42. The molecule has 0 aromatic heterocycles. The molecule has 0 amide bonds. The molecule has 0 rings (SSSR count). The molecule has 11 heavy (non-hydrogen) atoms. The van der Waals surface area contributed by atoms with Crippen molar-refractivity contribution < 1.29 is 13.5 Å². The van der Waals surface area contributed by atoms with Crippen LogP contribution in [0.1, 0.15) is 20.3 Å². The standard InChI is InChI=1S/C8H12F2O/c1-4-6(9)8(10)7(5-2)11-3/h5H,4H2,1-3H3/b7-5+,8-6-. The number of hydrogen-bond acceptors (Lipinski definition) is 1. The third kappa shape index (κ3) is 2.70. The maximum absolute atomic E-state index is 12.8. The minimum absolute atomic E-state index is 0.0481. The van der Waals surface area contributed by atoms with Crippen LogP contribution in [0.5, 0.6) is 0 Å². The average molecular weight is 162 g/mol. The van der Waals surface area contributed by atoms with Gasteiger partial charge in [0.1, 0.15) is 5.83 Å². The van der Waals surface area contributed by atoms with Crippen molar-refractivity contribution >= 4 is 0 Å². The fourth-order valence-corrected chi connectivity index (χ4v) is 0.623. The molecule has 0 aliphatic rings. The summed E-state index contributed by atoms with van der Waals surface area (Å²) in [5.41, 5.74) is 0. The van der Waals surface area contributed by atoms with E-state index in [1.54, 1.807) is 6.92 Å². The lowest BCUT2D eigenvalue weighted by molar-refractivity contribution is 0.277. The first kappa shape index (κ1) is 10.1. The van der Waals surface area contributed by atoms with E-state index in [9.17, 15) is 8.78 Å². The molecule has 64 valence electrons. The lowest BCUT2D eigenvalue weighted by Crippen LogP contribution is -1.89. The molecule has 0 radical (unpaired) electrons. The van der Waals surface area contributed by atoms with E-state index < -0.39 is 11.7 Å². The monoisotopic (exact) mass is 162 g/mol. The van der Waals surface area contributed by atoms with E-state index in [4.69, 9.17) is 0 Å². The molecule has 0 saturated carbocycles. The molecule has 0 fully saturated rings. The largest absolute Gasteiger partial charge is 0.494 e. The first-order chi connectivity index (χ1) is 5.17. The van der Waals surface area contributed by atoms with E-state index >= 15 is 0 Å². The summed E-state index contributed by atoms with van der Waals surface area (Å²) in [6.45, 7) is 3.12. The molecule has 3 heteroatoms. The number of rotatable bonds is 3. The summed E-state index contributed by atoms with van der Waals surface area (Å²) in [7, 11) is 1.30. The average Bonchev–Trinajstić information content (AvgIpc) is 2.05. The zero-order chi connectivity index (χ0) is 8.85. The van der Waals surface area contributed by atoms with E-state index in [0.717, 1.165) is 0 Å². The Bertz CT molecular complexity index is 183. The zero-order valence-corrected chi connectivity index (χ0v) is 6.95. The lowest BCUT2D eigenvalue weighted by Gasteiger charge is -2.02. The van der Waals surface area contributed by atoms with E-state index in [1.807, 2.05) is 0 Å². The van der Waals surface area contributed by atoms with Crippen LogP contribution in [0.2, 0.25) is 0 Å². The highest BCUT2D eigenvalue weighted by Gasteiger charge is 2.08. The predicted octanol–water partition coefficient (Wildman–Crippen LogP) is 3.10. The minimum atomic E-state index is -0.905. The fourth-order valence-electron chi connectivity index (χ4n) is 0.623. The quantitative estimate of drug-likeness (QED) is 0.457. The molecule has 0 unspecified atom stereocenters. The Hall–Kier alpha value is -0.860. The van der Waals surface area contributed by atoms with Gasteiger partial charge < -0.3 is 4.74 Å². The van der Waals surface area contributed by atoms with Crippen LogP contribution in [0.4, 0.5) is 8.78 Å². The Labute approximate surface area is 65.4 Å².